The van der Waals surface area contributed by atoms with Gasteiger partial charge in [0, 0.05) is 38.4 Å². The van der Waals surface area contributed by atoms with Crippen molar-refractivity contribution in [2.45, 2.75) is 37.6 Å². The number of anilines is 1. The third-order valence-corrected chi connectivity index (χ3v) is 8.13. The summed E-state index contributed by atoms with van der Waals surface area (Å²) in [6, 6.07) is 14.8. The topological polar surface area (TPSA) is 60.9 Å². The number of carbonyl (C=O) groups is 1. The first kappa shape index (κ1) is 21.0. The lowest BCUT2D eigenvalue weighted by atomic mass is 10.0. The minimum atomic E-state index is -3.50. The predicted octanol–water partition coefficient (Wildman–Crippen LogP) is 2.67. The predicted molar refractivity (Wildman–Crippen MR) is 118 cm³/mol. The van der Waals surface area contributed by atoms with Crippen molar-refractivity contribution in [1.29, 1.82) is 0 Å². The Morgan fingerprint density at radius 3 is 2.30 bits per heavy atom. The van der Waals surface area contributed by atoms with Crippen LogP contribution in [-0.4, -0.2) is 62.3 Å². The molecule has 2 aromatic carbocycles. The zero-order chi connectivity index (χ0) is 21.3. The first-order chi connectivity index (χ1) is 14.4. The van der Waals surface area contributed by atoms with Gasteiger partial charge in [-0.1, -0.05) is 35.9 Å². The van der Waals surface area contributed by atoms with E-state index >= 15 is 0 Å². The summed E-state index contributed by atoms with van der Waals surface area (Å²) >= 11 is 0. The lowest BCUT2D eigenvalue weighted by molar-refractivity contribution is -0.123. The monoisotopic (exact) mass is 427 g/mol. The van der Waals surface area contributed by atoms with Crippen LogP contribution in [0.15, 0.2) is 53.4 Å². The van der Waals surface area contributed by atoms with Gasteiger partial charge < -0.3 is 4.90 Å². The summed E-state index contributed by atoms with van der Waals surface area (Å²) in [7, 11) is -3.50. The maximum atomic E-state index is 13.2. The molecule has 1 saturated heterocycles. The molecule has 0 aromatic heterocycles. The van der Waals surface area contributed by atoms with Crippen LogP contribution in [0.25, 0.3) is 0 Å². The molecule has 0 radical (unpaired) electrons. The van der Waals surface area contributed by atoms with Crippen LogP contribution >= 0.6 is 0 Å². The summed E-state index contributed by atoms with van der Waals surface area (Å²) in [6.07, 6.45) is 1.97. The minimum absolute atomic E-state index is 0.0944. The Morgan fingerprint density at radius 1 is 0.933 bits per heavy atom. The van der Waals surface area contributed by atoms with E-state index in [0.29, 0.717) is 31.1 Å². The van der Waals surface area contributed by atoms with Gasteiger partial charge in [0.15, 0.2) is 0 Å². The van der Waals surface area contributed by atoms with Crippen LogP contribution in [0.1, 0.15) is 24.5 Å². The number of aryl methyl sites for hydroxylation is 2. The SMILES string of the molecule is Cc1ccc(S(=O)(=O)N2CCN([C@H](C)C(=O)N3CCCc4ccccc43)CC2)cc1. The van der Waals surface area contributed by atoms with Crippen molar-refractivity contribution in [3.63, 3.8) is 0 Å². The van der Waals surface area contributed by atoms with Gasteiger partial charge in [0.25, 0.3) is 0 Å². The normalized spacial score (nSPS) is 19.3. The van der Waals surface area contributed by atoms with E-state index < -0.39 is 10.0 Å². The molecule has 1 fully saturated rings. The largest absolute Gasteiger partial charge is 0.311 e. The Bertz CT molecular complexity index is 1010. The maximum absolute atomic E-state index is 13.2. The maximum Gasteiger partial charge on any atom is 0.244 e. The molecule has 2 aliphatic heterocycles. The summed E-state index contributed by atoms with van der Waals surface area (Å²) < 4.78 is 27.4. The van der Waals surface area contributed by atoms with Crippen molar-refractivity contribution < 1.29 is 13.2 Å². The molecule has 30 heavy (non-hydrogen) atoms. The fourth-order valence-corrected chi connectivity index (χ4v) is 5.76. The smallest absolute Gasteiger partial charge is 0.244 e. The number of fused-ring (bicyclic) bond motifs is 1. The van der Waals surface area contributed by atoms with Gasteiger partial charge in [-0.2, -0.15) is 4.31 Å². The highest BCUT2D eigenvalue weighted by Gasteiger charge is 2.34. The number of amides is 1. The van der Waals surface area contributed by atoms with Crippen LogP contribution in [0.2, 0.25) is 0 Å². The molecule has 2 aliphatic rings. The number of nitrogens with zero attached hydrogens (tertiary/aromatic N) is 3. The number of carbonyl (C=O) groups excluding carboxylic acids is 1. The molecule has 1 atom stereocenters. The molecule has 7 heteroatoms. The quantitative estimate of drug-likeness (QED) is 0.753. The summed E-state index contributed by atoms with van der Waals surface area (Å²) in [4.78, 5) is 17.6. The lowest BCUT2D eigenvalue weighted by Crippen LogP contribution is -2.56. The number of hydrogen-bond acceptors (Lipinski definition) is 4. The molecule has 2 aromatic rings. The van der Waals surface area contributed by atoms with Crippen molar-refractivity contribution in [2.75, 3.05) is 37.6 Å². The molecule has 0 unspecified atom stereocenters. The molecule has 0 saturated carbocycles. The number of rotatable bonds is 4. The van der Waals surface area contributed by atoms with Gasteiger partial charge in [0.05, 0.1) is 10.9 Å². The van der Waals surface area contributed by atoms with Crippen LogP contribution in [0.5, 0.6) is 0 Å². The van der Waals surface area contributed by atoms with Crippen LogP contribution in [0.4, 0.5) is 5.69 Å². The fraction of sp³-hybridized carbons (Fsp3) is 0.435. The van der Waals surface area contributed by atoms with Crippen LogP contribution < -0.4 is 4.90 Å². The molecule has 1 amide bonds. The Labute approximate surface area is 179 Å². The van der Waals surface area contributed by atoms with E-state index in [0.717, 1.165) is 30.6 Å². The van der Waals surface area contributed by atoms with Gasteiger partial charge in [-0.25, -0.2) is 8.42 Å². The van der Waals surface area contributed by atoms with Gasteiger partial charge >= 0.3 is 0 Å². The second-order valence-electron chi connectivity index (χ2n) is 8.15. The molecule has 2 heterocycles. The van der Waals surface area contributed by atoms with E-state index in [-0.39, 0.29) is 11.9 Å². The zero-order valence-electron chi connectivity index (χ0n) is 17.6. The van der Waals surface area contributed by atoms with Gasteiger partial charge in [-0.15, -0.1) is 0 Å². The van der Waals surface area contributed by atoms with Crippen molar-refractivity contribution >= 4 is 21.6 Å². The van der Waals surface area contributed by atoms with Crippen molar-refractivity contribution in [3.05, 3.63) is 59.7 Å². The van der Waals surface area contributed by atoms with Crippen molar-refractivity contribution in [3.8, 4) is 0 Å². The molecular weight excluding hydrogens is 398 g/mol. The van der Waals surface area contributed by atoms with E-state index in [4.69, 9.17) is 0 Å². The lowest BCUT2D eigenvalue weighted by Gasteiger charge is -2.39. The first-order valence-corrected chi connectivity index (χ1v) is 12.0. The fourth-order valence-electron chi connectivity index (χ4n) is 4.33. The number of piperazine rings is 1. The summed E-state index contributed by atoms with van der Waals surface area (Å²) in [5.41, 5.74) is 3.27. The average Bonchev–Trinajstić information content (AvgIpc) is 2.78. The molecule has 4 rings (SSSR count). The van der Waals surface area contributed by atoms with Crippen molar-refractivity contribution in [1.82, 2.24) is 9.21 Å². The number of para-hydroxylation sites is 1. The van der Waals surface area contributed by atoms with E-state index in [9.17, 15) is 13.2 Å². The Hall–Kier alpha value is -2.22. The van der Waals surface area contributed by atoms with Gasteiger partial charge in [0.2, 0.25) is 15.9 Å². The molecule has 160 valence electrons. The minimum Gasteiger partial charge on any atom is -0.311 e. The Kier molecular flexibility index (Phi) is 5.95. The van der Waals surface area contributed by atoms with Crippen LogP contribution in [-0.2, 0) is 21.2 Å². The van der Waals surface area contributed by atoms with E-state index in [1.54, 1.807) is 12.1 Å². The van der Waals surface area contributed by atoms with Gasteiger partial charge in [0.1, 0.15) is 0 Å². The highest BCUT2D eigenvalue weighted by Crippen LogP contribution is 2.28. The molecule has 0 bridgehead atoms. The number of sulfonamides is 1. The van der Waals surface area contributed by atoms with E-state index in [2.05, 4.69) is 11.0 Å². The summed E-state index contributed by atoms with van der Waals surface area (Å²) in [5.74, 6) is 0.0944. The van der Waals surface area contributed by atoms with Crippen molar-refractivity contribution in [2.24, 2.45) is 0 Å². The molecule has 6 nitrogen and oxygen atoms in total. The third kappa shape index (κ3) is 4.02. The van der Waals surface area contributed by atoms with E-state index in [1.165, 1.54) is 9.87 Å². The highest BCUT2D eigenvalue weighted by atomic mass is 32.2. The molecular formula is C23H29N3O3S. The Balaban J connectivity index is 1.42. The number of hydrogen-bond donors (Lipinski definition) is 0. The second-order valence-corrected chi connectivity index (χ2v) is 10.1. The standard InChI is InChI=1S/C23H29N3O3S/c1-18-9-11-21(12-10-18)30(28,29)25-16-14-24(15-17-25)19(2)23(27)26-13-5-7-20-6-3-4-8-22(20)26/h3-4,6,8-12,19H,5,7,13-17H2,1-2H3/t19-/m1/s1. The molecule has 0 aliphatic carbocycles. The first-order valence-electron chi connectivity index (χ1n) is 10.6. The summed E-state index contributed by atoms with van der Waals surface area (Å²) in [6.45, 7) is 6.50. The van der Waals surface area contributed by atoms with Gasteiger partial charge in [-0.3, -0.25) is 9.69 Å². The molecule has 0 spiro atoms. The Morgan fingerprint density at radius 2 is 1.60 bits per heavy atom. The average molecular weight is 428 g/mol. The zero-order valence-corrected chi connectivity index (χ0v) is 18.4. The third-order valence-electron chi connectivity index (χ3n) is 6.21. The molecule has 0 N–H and O–H groups in total. The highest BCUT2D eigenvalue weighted by molar-refractivity contribution is 7.89. The van der Waals surface area contributed by atoms with E-state index in [1.807, 2.05) is 49.1 Å². The summed E-state index contributed by atoms with van der Waals surface area (Å²) in [5, 5.41) is 0. The second kappa shape index (κ2) is 8.49. The number of benzene rings is 2. The van der Waals surface area contributed by atoms with Crippen LogP contribution in [0.3, 0.4) is 0 Å². The van der Waals surface area contributed by atoms with Gasteiger partial charge in [-0.05, 0) is 50.5 Å². The van der Waals surface area contributed by atoms with Crippen LogP contribution in [0, 0.1) is 6.92 Å².